The Kier molecular flexibility index (Phi) is 5.77. The van der Waals surface area contributed by atoms with E-state index in [1.807, 2.05) is 67.1 Å². The molecular weight excluding hydrogens is 400 g/mol. The van der Waals surface area contributed by atoms with Gasteiger partial charge in [-0.05, 0) is 41.7 Å². The van der Waals surface area contributed by atoms with Gasteiger partial charge in [-0.25, -0.2) is 4.68 Å². The number of methoxy groups -OCH3 is 1. The lowest BCUT2D eigenvalue weighted by Crippen LogP contribution is -2.43. The fourth-order valence-corrected chi connectivity index (χ4v) is 4.30. The number of aromatic nitrogens is 3. The summed E-state index contributed by atoms with van der Waals surface area (Å²) in [6.07, 6.45) is 2.60. The minimum absolute atomic E-state index is 0.0395. The molecule has 4 rings (SSSR count). The fourth-order valence-electron chi connectivity index (χ4n) is 4.04. The molecule has 0 bridgehead atoms. The number of benzene rings is 2. The van der Waals surface area contributed by atoms with Crippen LogP contribution in [0.25, 0.3) is 0 Å². The maximum atomic E-state index is 13.3. The number of carbonyl (C=O) groups excluding carboxylic acids is 1. The van der Waals surface area contributed by atoms with Crippen molar-refractivity contribution in [3.8, 4) is 5.75 Å². The largest absolute Gasteiger partial charge is 0.497 e. The Labute approximate surface area is 181 Å². The van der Waals surface area contributed by atoms with Gasteiger partial charge >= 0.3 is 0 Å². The average molecular weight is 425 g/mol. The monoisotopic (exact) mass is 424 g/mol. The predicted molar refractivity (Wildman–Crippen MR) is 117 cm³/mol. The van der Waals surface area contributed by atoms with Crippen molar-refractivity contribution in [1.82, 2.24) is 14.8 Å². The zero-order valence-electron chi connectivity index (χ0n) is 17.3. The summed E-state index contributed by atoms with van der Waals surface area (Å²) in [6, 6.07) is 15.3. The highest BCUT2D eigenvalue weighted by molar-refractivity contribution is 6.31. The molecule has 1 aromatic heterocycles. The number of ether oxygens (including phenoxy) is 1. The first-order valence-electron chi connectivity index (χ1n) is 10.1. The first kappa shape index (κ1) is 20.4. The molecule has 156 valence electrons. The Balaban J connectivity index is 1.82. The molecule has 1 aliphatic rings. The highest BCUT2D eigenvalue weighted by Crippen LogP contribution is 2.43. The smallest absolute Gasteiger partial charge is 0.231 e. The van der Waals surface area contributed by atoms with Crippen LogP contribution < -0.4 is 9.64 Å². The van der Waals surface area contributed by atoms with Crippen LogP contribution in [0, 0.1) is 5.92 Å². The number of amides is 1. The standard InChI is InChI=1S/C23H25ClN4O2/c1-15(2)12-22(29)27-20(16-8-10-17(30-3)11-9-16)13-21(28-23(27)25-14-26-28)18-6-4-5-7-19(18)24/h4-11,14-15,20-21H,12-13H2,1-3H3/t20-,21-/m0/s1. The highest BCUT2D eigenvalue weighted by atomic mass is 35.5. The normalized spacial score (nSPS) is 18.4. The summed E-state index contributed by atoms with van der Waals surface area (Å²) in [5.74, 6) is 1.61. The second kappa shape index (κ2) is 8.48. The van der Waals surface area contributed by atoms with Crippen molar-refractivity contribution in [3.63, 3.8) is 0 Å². The Morgan fingerprint density at radius 3 is 2.57 bits per heavy atom. The lowest BCUT2D eigenvalue weighted by Gasteiger charge is -2.39. The van der Waals surface area contributed by atoms with Gasteiger partial charge in [0.25, 0.3) is 0 Å². The zero-order chi connectivity index (χ0) is 21.3. The van der Waals surface area contributed by atoms with E-state index in [1.165, 1.54) is 6.33 Å². The van der Waals surface area contributed by atoms with E-state index in [0.717, 1.165) is 16.9 Å². The summed E-state index contributed by atoms with van der Waals surface area (Å²) in [5.41, 5.74) is 2.00. The van der Waals surface area contributed by atoms with Crippen LogP contribution in [0.15, 0.2) is 54.9 Å². The molecule has 6 nitrogen and oxygen atoms in total. The number of nitrogens with zero attached hydrogens (tertiary/aromatic N) is 4. The lowest BCUT2D eigenvalue weighted by molar-refractivity contribution is -0.120. The van der Waals surface area contributed by atoms with E-state index in [1.54, 1.807) is 12.0 Å². The van der Waals surface area contributed by atoms with Crippen LogP contribution in [0.4, 0.5) is 5.95 Å². The van der Waals surface area contributed by atoms with Gasteiger partial charge in [0, 0.05) is 11.4 Å². The molecule has 7 heteroatoms. The summed E-state index contributed by atoms with van der Waals surface area (Å²) in [6.45, 7) is 4.09. The van der Waals surface area contributed by atoms with Gasteiger partial charge in [0.15, 0.2) is 0 Å². The summed E-state index contributed by atoms with van der Waals surface area (Å²) in [5, 5.41) is 5.14. The van der Waals surface area contributed by atoms with E-state index in [4.69, 9.17) is 16.3 Å². The van der Waals surface area contributed by atoms with Gasteiger partial charge in [-0.2, -0.15) is 10.1 Å². The van der Waals surface area contributed by atoms with Gasteiger partial charge in [-0.15, -0.1) is 0 Å². The Morgan fingerprint density at radius 2 is 1.90 bits per heavy atom. The number of hydrogen-bond donors (Lipinski definition) is 0. The van der Waals surface area contributed by atoms with E-state index < -0.39 is 0 Å². The first-order chi connectivity index (χ1) is 14.5. The number of anilines is 1. The summed E-state index contributed by atoms with van der Waals surface area (Å²) in [4.78, 5) is 19.5. The second-order valence-electron chi connectivity index (χ2n) is 7.93. The highest BCUT2D eigenvalue weighted by Gasteiger charge is 2.39. The maximum Gasteiger partial charge on any atom is 0.231 e. The molecule has 2 atom stereocenters. The minimum atomic E-state index is -0.180. The van der Waals surface area contributed by atoms with Crippen LogP contribution >= 0.6 is 11.6 Å². The van der Waals surface area contributed by atoms with Crippen LogP contribution in [0.2, 0.25) is 5.02 Å². The van der Waals surface area contributed by atoms with Crippen molar-refractivity contribution in [2.24, 2.45) is 5.92 Å². The van der Waals surface area contributed by atoms with Crippen LogP contribution in [0.5, 0.6) is 5.75 Å². The van der Waals surface area contributed by atoms with Gasteiger partial charge in [0.2, 0.25) is 11.9 Å². The minimum Gasteiger partial charge on any atom is -0.497 e. The molecule has 2 heterocycles. The Hall–Kier alpha value is -2.86. The van der Waals surface area contributed by atoms with Crippen molar-refractivity contribution < 1.29 is 9.53 Å². The summed E-state index contributed by atoms with van der Waals surface area (Å²) < 4.78 is 7.13. The molecule has 0 saturated carbocycles. The van der Waals surface area contributed by atoms with Crippen LogP contribution in [-0.4, -0.2) is 27.8 Å². The van der Waals surface area contributed by atoms with Crippen molar-refractivity contribution in [2.75, 3.05) is 12.0 Å². The van der Waals surface area contributed by atoms with Crippen LogP contribution in [0.3, 0.4) is 0 Å². The number of fused-ring (bicyclic) bond motifs is 1. The molecule has 2 aromatic carbocycles. The number of rotatable bonds is 5. The van der Waals surface area contributed by atoms with Gasteiger partial charge in [-0.1, -0.05) is 55.8 Å². The third-order valence-electron chi connectivity index (χ3n) is 5.44. The number of halogens is 1. The molecule has 0 radical (unpaired) electrons. The third kappa shape index (κ3) is 3.79. The van der Waals surface area contributed by atoms with Crippen molar-refractivity contribution in [1.29, 1.82) is 0 Å². The second-order valence-corrected chi connectivity index (χ2v) is 8.34. The Bertz CT molecular complexity index is 1030. The van der Waals surface area contributed by atoms with E-state index in [2.05, 4.69) is 10.1 Å². The maximum absolute atomic E-state index is 13.3. The topological polar surface area (TPSA) is 60.2 Å². The molecule has 30 heavy (non-hydrogen) atoms. The molecule has 0 N–H and O–H groups in total. The molecule has 0 aliphatic carbocycles. The van der Waals surface area contributed by atoms with Crippen molar-refractivity contribution >= 4 is 23.5 Å². The van der Waals surface area contributed by atoms with Crippen LogP contribution in [0.1, 0.15) is 49.9 Å². The quantitative estimate of drug-likeness (QED) is 0.574. The number of carbonyl (C=O) groups is 1. The molecular formula is C23H25ClN4O2. The van der Waals surface area contributed by atoms with E-state index in [0.29, 0.717) is 23.8 Å². The SMILES string of the molecule is COc1ccc([C@@H]2C[C@@H](c3ccccc3Cl)n3ncnc3N2C(=O)CC(C)C)cc1. The van der Waals surface area contributed by atoms with Crippen LogP contribution in [-0.2, 0) is 4.79 Å². The predicted octanol–water partition coefficient (Wildman–Crippen LogP) is 5.05. The van der Waals surface area contributed by atoms with Gasteiger partial charge in [0.1, 0.15) is 12.1 Å². The van der Waals surface area contributed by atoms with Gasteiger partial charge in [-0.3, -0.25) is 9.69 Å². The fraction of sp³-hybridized carbons (Fsp3) is 0.348. The Morgan fingerprint density at radius 1 is 1.17 bits per heavy atom. The average Bonchev–Trinajstić information content (AvgIpc) is 3.22. The molecule has 0 fully saturated rings. The molecule has 0 spiro atoms. The third-order valence-corrected chi connectivity index (χ3v) is 5.78. The zero-order valence-corrected chi connectivity index (χ0v) is 18.1. The van der Waals surface area contributed by atoms with E-state index in [9.17, 15) is 4.79 Å². The first-order valence-corrected chi connectivity index (χ1v) is 10.5. The summed E-state index contributed by atoms with van der Waals surface area (Å²) >= 11 is 6.53. The molecule has 3 aromatic rings. The lowest BCUT2D eigenvalue weighted by atomic mass is 9.91. The number of hydrogen-bond acceptors (Lipinski definition) is 4. The van der Waals surface area contributed by atoms with E-state index >= 15 is 0 Å². The van der Waals surface area contributed by atoms with Gasteiger partial charge in [0.05, 0.1) is 19.2 Å². The van der Waals surface area contributed by atoms with Gasteiger partial charge < -0.3 is 4.74 Å². The molecule has 0 unspecified atom stereocenters. The van der Waals surface area contributed by atoms with E-state index in [-0.39, 0.29) is 23.9 Å². The molecule has 1 aliphatic heterocycles. The van der Waals surface area contributed by atoms with Crippen molar-refractivity contribution in [3.05, 3.63) is 71.0 Å². The summed E-state index contributed by atoms with van der Waals surface area (Å²) in [7, 11) is 1.64. The molecule has 0 saturated heterocycles. The van der Waals surface area contributed by atoms with Crippen molar-refractivity contribution in [2.45, 2.75) is 38.8 Å². The molecule has 1 amide bonds.